The molecule has 1 saturated carbocycles. The molecule has 0 atom stereocenters. The molecule has 0 saturated heterocycles. The maximum absolute atomic E-state index is 9.44. The fourth-order valence-electron chi connectivity index (χ4n) is 2.74. The number of aryl methyl sites for hydroxylation is 2. The Balaban J connectivity index is 2.11. The molecule has 1 aliphatic rings. The van der Waals surface area contributed by atoms with Crippen molar-refractivity contribution >= 4 is 0 Å². The van der Waals surface area contributed by atoms with Gasteiger partial charge in [-0.1, -0.05) is 29.3 Å². The van der Waals surface area contributed by atoms with Gasteiger partial charge in [0.15, 0.2) is 0 Å². The molecule has 1 fully saturated rings. The third-order valence-electron chi connectivity index (χ3n) is 4.00. The maximum atomic E-state index is 9.44. The van der Waals surface area contributed by atoms with Crippen LogP contribution in [0.1, 0.15) is 47.7 Å². The molecule has 0 radical (unpaired) electrons. The zero-order valence-electron chi connectivity index (χ0n) is 11.4. The average molecular weight is 257 g/mol. The smallest absolute Gasteiger partial charge is 0.112 e. The normalized spacial score (nSPS) is 15.5. The SMILES string of the molecule is Cc1ccc(-n2nnc(CO)c2C2CCC2)c(C)c1. The van der Waals surface area contributed by atoms with Crippen LogP contribution in [-0.4, -0.2) is 20.1 Å². The number of aromatic nitrogens is 3. The molecular weight excluding hydrogens is 238 g/mol. The van der Waals surface area contributed by atoms with Crippen LogP contribution in [0.5, 0.6) is 0 Å². The van der Waals surface area contributed by atoms with Crippen LogP contribution in [-0.2, 0) is 6.61 Å². The highest BCUT2D eigenvalue weighted by Gasteiger charge is 2.28. The summed E-state index contributed by atoms with van der Waals surface area (Å²) < 4.78 is 1.92. The van der Waals surface area contributed by atoms with Crippen LogP contribution in [0.2, 0.25) is 0 Å². The molecule has 1 aliphatic carbocycles. The Morgan fingerprint density at radius 2 is 2.11 bits per heavy atom. The number of rotatable bonds is 3. The number of aliphatic hydroxyl groups is 1. The van der Waals surface area contributed by atoms with Gasteiger partial charge in [-0.25, -0.2) is 4.68 Å². The number of aliphatic hydroxyl groups excluding tert-OH is 1. The van der Waals surface area contributed by atoms with Gasteiger partial charge < -0.3 is 5.11 Å². The van der Waals surface area contributed by atoms with Gasteiger partial charge in [0.25, 0.3) is 0 Å². The lowest BCUT2D eigenvalue weighted by atomic mass is 9.82. The predicted octanol–water partition coefficient (Wildman–Crippen LogP) is 2.64. The van der Waals surface area contributed by atoms with E-state index in [1.807, 2.05) is 4.68 Å². The van der Waals surface area contributed by atoms with Crippen molar-refractivity contribution in [2.24, 2.45) is 0 Å². The molecule has 0 amide bonds. The van der Waals surface area contributed by atoms with Gasteiger partial charge >= 0.3 is 0 Å². The number of benzene rings is 1. The summed E-state index contributed by atoms with van der Waals surface area (Å²) in [4.78, 5) is 0. The van der Waals surface area contributed by atoms with Crippen LogP contribution in [0.25, 0.3) is 5.69 Å². The van der Waals surface area contributed by atoms with E-state index in [1.165, 1.54) is 30.4 Å². The fourth-order valence-corrected chi connectivity index (χ4v) is 2.74. The first kappa shape index (κ1) is 12.4. The molecule has 2 aromatic rings. The standard InChI is InChI=1S/C15H19N3O/c1-10-6-7-14(11(2)8-10)18-15(12-4-3-5-12)13(9-19)16-17-18/h6-8,12,19H,3-5,9H2,1-2H3. The van der Waals surface area contributed by atoms with Crippen molar-refractivity contribution in [1.82, 2.24) is 15.0 Å². The topological polar surface area (TPSA) is 50.9 Å². The molecule has 1 aromatic carbocycles. The molecule has 0 bridgehead atoms. The Kier molecular flexibility index (Phi) is 3.11. The summed E-state index contributed by atoms with van der Waals surface area (Å²) >= 11 is 0. The highest BCUT2D eigenvalue weighted by Crippen LogP contribution is 2.38. The second kappa shape index (κ2) is 4.78. The molecule has 0 spiro atoms. The Labute approximate surface area is 113 Å². The van der Waals surface area contributed by atoms with E-state index in [9.17, 15) is 5.11 Å². The zero-order valence-corrected chi connectivity index (χ0v) is 11.4. The van der Waals surface area contributed by atoms with Crippen molar-refractivity contribution in [3.8, 4) is 5.69 Å². The molecule has 19 heavy (non-hydrogen) atoms. The third-order valence-corrected chi connectivity index (χ3v) is 4.00. The highest BCUT2D eigenvalue weighted by molar-refractivity contribution is 5.44. The molecule has 1 N–H and O–H groups in total. The second-order valence-corrected chi connectivity index (χ2v) is 5.41. The monoisotopic (exact) mass is 257 g/mol. The minimum atomic E-state index is -0.0310. The summed E-state index contributed by atoms with van der Waals surface area (Å²) in [7, 11) is 0. The van der Waals surface area contributed by atoms with Crippen LogP contribution in [0, 0.1) is 13.8 Å². The van der Waals surface area contributed by atoms with Crippen molar-refractivity contribution < 1.29 is 5.11 Å². The highest BCUT2D eigenvalue weighted by atomic mass is 16.3. The van der Waals surface area contributed by atoms with Crippen LogP contribution in [0.4, 0.5) is 0 Å². The minimum absolute atomic E-state index is 0.0310. The Hall–Kier alpha value is -1.68. The van der Waals surface area contributed by atoms with Gasteiger partial charge in [-0.2, -0.15) is 0 Å². The van der Waals surface area contributed by atoms with Crippen molar-refractivity contribution in [1.29, 1.82) is 0 Å². The third kappa shape index (κ3) is 2.06. The lowest BCUT2D eigenvalue weighted by molar-refractivity contribution is 0.272. The van der Waals surface area contributed by atoms with E-state index in [4.69, 9.17) is 0 Å². The summed E-state index contributed by atoms with van der Waals surface area (Å²) in [5.74, 6) is 0.498. The van der Waals surface area contributed by atoms with Crippen molar-refractivity contribution in [3.05, 3.63) is 40.7 Å². The summed E-state index contributed by atoms with van der Waals surface area (Å²) in [6.45, 7) is 4.15. The molecule has 3 rings (SSSR count). The van der Waals surface area contributed by atoms with E-state index >= 15 is 0 Å². The fraction of sp³-hybridized carbons (Fsp3) is 0.467. The van der Waals surface area contributed by atoms with Gasteiger partial charge in [-0.05, 0) is 38.3 Å². The van der Waals surface area contributed by atoms with Crippen LogP contribution in [0.3, 0.4) is 0 Å². The number of hydrogen-bond acceptors (Lipinski definition) is 3. The first-order valence-corrected chi connectivity index (χ1v) is 6.83. The molecule has 1 heterocycles. The summed E-state index contributed by atoms with van der Waals surface area (Å²) in [6.07, 6.45) is 3.60. The first-order valence-electron chi connectivity index (χ1n) is 6.83. The number of nitrogens with zero attached hydrogens (tertiary/aromatic N) is 3. The van der Waals surface area contributed by atoms with Gasteiger partial charge in [0, 0.05) is 5.92 Å². The van der Waals surface area contributed by atoms with Gasteiger partial charge in [0.05, 0.1) is 18.0 Å². The van der Waals surface area contributed by atoms with Crippen molar-refractivity contribution in [2.75, 3.05) is 0 Å². The van der Waals surface area contributed by atoms with Crippen LogP contribution >= 0.6 is 0 Å². The summed E-state index contributed by atoms with van der Waals surface area (Å²) in [6, 6.07) is 6.33. The van der Waals surface area contributed by atoms with Gasteiger partial charge in [0.2, 0.25) is 0 Å². The van der Waals surface area contributed by atoms with Gasteiger partial charge in [-0.15, -0.1) is 5.10 Å². The van der Waals surface area contributed by atoms with E-state index < -0.39 is 0 Å². The average Bonchev–Trinajstić information content (AvgIpc) is 2.71. The molecule has 4 nitrogen and oxygen atoms in total. The quantitative estimate of drug-likeness (QED) is 0.919. The maximum Gasteiger partial charge on any atom is 0.112 e. The van der Waals surface area contributed by atoms with Crippen molar-refractivity contribution in [2.45, 2.75) is 45.6 Å². The molecule has 100 valence electrons. The minimum Gasteiger partial charge on any atom is -0.390 e. The lowest BCUT2D eigenvalue weighted by Crippen LogP contribution is -2.16. The summed E-state index contributed by atoms with van der Waals surface area (Å²) in [5, 5.41) is 17.8. The van der Waals surface area contributed by atoms with E-state index in [2.05, 4.69) is 42.4 Å². The van der Waals surface area contributed by atoms with Crippen LogP contribution in [0.15, 0.2) is 18.2 Å². The lowest BCUT2D eigenvalue weighted by Gasteiger charge is -2.26. The predicted molar refractivity (Wildman–Crippen MR) is 73.3 cm³/mol. The van der Waals surface area contributed by atoms with E-state index in [0.717, 1.165) is 17.1 Å². The number of hydrogen-bond donors (Lipinski definition) is 1. The largest absolute Gasteiger partial charge is 0.390 e. The van der Waals surface area contributed by atoms with E-state index in [-0.39, 0.29) is 6.61 Å². The Morgan fingerprint density at radius 1 is 1.32 bits per heavy atom. The van der Waals surface area contributed by atoms with Gasteiger partial charge in [-0.3, -0.25) is 0 Å². The molecule has 4 heteroatoms. The summed E-state index contributed by atoms with van der Waals surface area (Å²) in [5.41, 5.74) is 5.33. The molecule has 0 aliphatic heterocycles. The molecule has 1 aromatic heterocycles. The Morgan fingerprint density at radius 3 is 2.68 bits per heavy atom. The van der Waals surface area contributed by atoms with Crippen LogP contribution < -0.4 is 0 Å². The second-order valence-electron chi connectivity index (χ2n) is 5.41. The molecular formula is C15H19N3O. The first-order chi connectivity index (χ1) is 9.20. The van der Waals surface area contributed by atoms with E-state index in [0.29, 0.717) is 5.92 Å². The van der Waals surface area contributed by atoms with Crippen molar-refractivity contribution in [3.63, 3.8) is 0 Å². The Bertz CT molecular complexity index is 599. The van der Waals surface area contributed by atoms with E-state index in [1.54, 1.807) is 0 Å². The molecule has 0 unspecified atom stereocenters. The van der Waals surface area contributed by atoms with Gasteiger partial charge in [0.1, 0.15) is 5.69 Å². The zero-order chi connectivity index (χ0) is 13.4.